The topological polar surface area (TPSA) is 55.1 Å². The molecule has 2 rings (SSSR count). The van der Waals surface area contributed by atoms with Crippen LogP contribution in [0.25, 0.3) is 0 Å². The van der Waals surface area contributed by atoms with Crippen LogP contribution in [0.5, 0.6) is 0 Å². The summed E-state index contributed by atoms with van der Waals surface area (Å²) in [6.45, 7) is 3.83. The molecule has 1 atom stereocenters. The molecule has 0 aromatic heterocycles. The summed E-state index contributed by atoms with van der Waals surface area (Å²) < 4.78 is 0. The number of hydrogen-bond acceptors (Lipinski definition) is 2. The lowest BCUT2D eigenvalue weighted by molar-refractivity contribution is -0.117. The molecule has 0 bridgehead atoms. The van der Waals surface area contributed by atoms with E-state index in [1.54, 1.807) is 6.07 Å². The number of aryl methyl sites for hydroxylation is 1. The molecule has 3 nitrogen and oxygen atoms in total. The lowest BCUT2D eigenvalue weighted by Crippen LogP contribution is -2.19. The molecule has 0 heterocycles. The van der Waals surface area contributed by atoms with Crippen molar-refractivity contribution in [2.75, 3.05) is 11.1 Å². The predicted molar refractivity (Wildman–Crippen MR) is 79.1 cm³/mol. The Morgan fingerprint density at radius 3 is 2.47 bits per heavy atom. The molecule has 3 heteroatoms. The lowest BCUT2D eigenvalue weighted by Gasteiger charge is -2.14. The van der Waals surface area contributed by atoms with Gasteiger partial charge < -0.3 is 11.1 Å². The zero-order valence-corrected chi connectivity index (χ0v) is 11.2. The van der Waals surface area contributed by atoms with Crippen LogP contribution in [0, 0.1) is 6.92 Å². The van der Waals surface area contributed by atoms with E-state index >= 15 is 0 Å². The standard InChI is InChI=1S/C16H18N2O/c1-11-10-14(17)8-9-15(11)18-16(19)12(2)13-6-4-3-5-7-13/h3-10,12H,17H2,1-2H3,(H,18,19). The number of nitrogen functional groups attached to an aromatic ring is 1. The van der Waals surface area contributed by atoms with Crippen LogP contribution in [0.2, 0.25) is 0 Å². The summed E-state index contributed by atoms with van der Waals surface area (Å²) in [5, 5.41) is 2.94. The molecule has 1 amide bonds. The molecular formula is C16H18N2O. The zero-order valence-electron chi connectivity index (χ0n) is 11.2. The van der Waals surface area contributed by atoms with E-state index in [4.69, 9.17) is 5.73 Å². The molecule has 0 saturated carbocycles. The quantitative estimate of drug-likeness (QED) is 0.825. The first-order valence-electron chi connectivity index (χ1n) is 6.30. The van der Waals surface area contributed by atoms with Gasteiger partial charge in [-0.1, -0.05) is 30.3 Å². The van der Waals surface area contributed by atoms with Gasteiger partial charge in [-0.15, -0.1) is 0 Å². The number of carbonyl (C=O) groups is 1. The van der Waals surface area contributed by atoms with Gasteiger partial charge in [0.1, 0.15) is 0 Å². The minimum Gasteiger partial charge on any atom is -0.399 e. The predicted octanol–water partition coefficient (Wildman–Crippen LogP) is 3.32. The third-order valence-electron chi connectivity index (χ3n) is 3.20. The Labute approximate surface area is 113 Å². The van der Waals surface area contributed by atoms with Crippen LogP contribution in [0.4, 0.5) is 11.4 Å². The highest BCUT2D eigenvalue weighted by atomic mass is 16.1. The highest BCUT2D eigenvalue weighted by molar-refractivity contribution is 5.96. The first kappa shape index (κ1) is 13.1. The molecule has 0 aliphatic heterocycles. The zero-order chi connectivity index (χ0) is 13.8. The second kappa shape index (κ2) is 5.57. The van der Waals surface area contributed by atoms with Crippen LogP contribution in [0.15, 0.2) is 48.5 Å². The second-order valence-electron chi connectivity index (χ2n) is 4.70. The summed E-state index contributed by atoms with van der Waals surface area (Å²) in [5.41, 5.74) is 9.18. The number of rotatable bonds is 3. The van der Waals surface area contributed by atoms with Crippen molar-refractivity contribution in [3.8, 4) is 0 Å². The van der Waals surface area contributed by atoms with Gasteiger partial charge in [0.05, 0.1) is 5.92 Å². The Morgan fingerprint density at radius 1 is 1.16 bits per heavy atom. The third kappa shape index (κ3) is 3.13. The maximum absolute atomic E-state index is 12.2. The van der Waals surface area contributed by atoms with Crippen molar-refractivity contribution in [2.45, 2.75) is 19.8 Å². The van der Waals surface area contributed by atoms with E-state index in [-0.39, 0.29) is 11.8 Å². The van der Waals surface area contributed by atoms with Gasteiger partial charge >= 0.3 is 0 Å². The Kier molecular flexibility index (Phi) is 3.85. The van der Waals surface area contributed by atoms with E-state index in [9.17, 15) is 4.79 Å². The first-order valence-corrected chi connectivity index (χ1v) is 6.30. The highest BCUT2D eigenvalue weighted by Crippen LogP contribution is 2.21. The molecule has 0 aliphatic carbocycles. The van der Waals surface area contributed by atoms with E-state index in [1.807, 2.05) is 56.3 Å². The fraction of sp³-hybridized carbons (Fsp3) is 0.188. The van der Waals surface area contributed by atoms with Crippen molar-refractivity contribution >= 4 is 17.3 Å². The molecule has 19 heavy (non-hydrogen) atoms. The Morgan fingerprint density at radius 2 is 1.84 bits per heavy atom. The molecule has 2 aromatic rings. The van der Waals surface area contributed by atoms with Gasteiger partial charge in [-0.25, -0.2) is 0 Å². The molecule has 0 spiro atoms. The van der Waals surface area contributed by atoms with Crippen LogP contribution in [0.3, 0.4) is 0 Å². The lowest BCUT2D eigenvalue weighted by atomic mass is 10.0. The molecule has 3 N–H and O–H groups in total. The average Bonchev–Trinajstić information content (AvgIpc) is 2.42. The number of hydrogen-bond donors (Lipinski definition) is 2. The molecule has 0 fully saturated rings. The molecule has 0 saturated heterocycles. The van der Waals surface area contributed by atoms with Crippen molar-refractivity contribution in [1.82, 2.24) is 0 Å². The van der Waals surface area contributed by atoms with E-state index in [0.29, 0.717) is 5.69 Å². The molecule has 2 aromatic carbocycles. The van der Waals surface area contributed by atoms with Crippen molar-refractivity contribution in [1.29, 1.82) is 0 Å². The van der Waals surface area contributed by atoms with Gasteiger partial charge in [-0.3, -0.25) is 4.79 Å². The number of anilines is 2. The van der Waals surface area contributed by atoms with Crippen molar-refractivity contribution in [3.63, 3.8) is 0 Å². The van der Waals surface area contributed by atoms with E-state index in [2.05, 4.69) is 5.32 Å². The van der Waals surface area contributed by atoms with Crippen LogP contribution in [-0.4, -0.2) is 5.91 Å². The molecule has 98 valence electrons. The summed E-state index contributed by atoms with van der Waals surface area (Å²) in [6.07, 6.45) is 0. The molecule has 0 radical (unpaired) electrons. The Balaban J connectivity index is 2.13. The summed E-state index contributed by atoms with van der Waals surface area (Å²) in [7, 11) is 0. The van der Waals surface area contributed by atoms with Gasteiger partial charge in [-0.05, 0) is 43.2 Å². The Hall–Kier alpha value is -2.29. The van der Waals surface area contributed by atoms with Crippen molar-refractivity contribution in [2.24, 2.45) is 0 Å². The fourth-order valence-electron chi connectivity index (χ4n) is 1.96. The molecule has 0 aliphatic rings. The summed E-state index contributed by atoms with van der Waals surface area (Å²) in [4.78, 5) is 12.2. The highest BCUT2D eigenvalue weighted by Gasteiger charge is 2.15. The monoisotopic (exact) mass is 254 g/mol. The Bertz CT molecular complexity index is 579. The summed E-state index contributed by atoms with van der Waals surface area (Å²) in [6, 6.07) is 15.2. The molecular weight excluding hydrogens is 236 g/mol. The van der Waals surface area contributed by atoms with Gasteiger partial charge in [0.2, 0.25) is 5.91 Å². The number of benzene rings is 2. The fourth-order valence-corrected chi connectivity index (χ4v) is 1.96. The minimum absolute atomic E-state index is 0.0147. The van der Waals surface area contributed by atoms with E-state index in [0.717, 1.165) is 16.8 Å². The van der Waals surface area contributed by atoms with E-state index in [1.165, 1.54) is 0 Å². The van der Waals surface area contributed by atoms with Gasteiger partial charge in [0.25, 0.3) is 0 Å². The normalized spacial score (nSPS) is 11.9. The summed E-state index contributed by atoms with van der Waals surface area (Å²) >= 11 is 0. The second-order valence-corrected chi connectivity index (χ2v) is 4.70. The van der Waals surface area contributed by atoms with Gasteiger partial charge in [-0.2, -0.15) is 0 Å². The number of nitrogens with one attached hydrogen (secondary N) is 1. The van der Waals surface area contributed by atoms with Crippen molar-refractivity contribution in [3.05, 3.63) is 59.7 Å². The van der Waals surface area contributed by atoms with Gasteiger partial charge in [0.15, 0.2) is 0 Å². The maximum Gasteiger partial charge on any atom is 0.231 e. The average molecular weight is 254 g/mol. The molecule has 1 unspecified atom stereocenters. The number of nitrogens with two attached hydrogens (primary N) is 1. The number of amides is 1. The SMILES string of the molecule is Cc1cc(N)ccc1NC(=O)C(C)c1ccccc1. The largest absolute Gasteiger partial charge is 0.399 e. The van der Waals surface area contributed by atoms with Crippen LogP contribution >= 0.6 is 0 Å². The van der Waals surface area contributed by atoms with Crippen LogP contribution in [-0.2, 0) is 4.79 Å². The summed E-state index contributed by atoms with van der Waals surface area (Å²) in [5.74, 6) is -0.197. The van der Waals surface area contributed by atoms with E-state index < -0.39 is 0 Å². The minimum atomic E-state index is -0.182. The van der Waals surface area contributed by atoms with Crippen LogP contribution in [0.1, 0.15) is 24.0 Å². The third-order valence-corrected chi connectivity index (χ3v) is 3.20. The smallest absolute Gasteiger partial charge is 0.231 e. The van der Waals surface area contributed by atoms with Crippen molar-refractivity contribution < 1.29 is 4.79 Å². The number of carbonyl (C=O) groups excluding carboxylic acids is 1. The van der Waals surface area contributed by atoms with Crippen LogP contribution < -0.4 is 11.1 Å². The van der Waals surface area contributed by atoms with Gasteiger partial charge in [0, 0.05) is 11.4 Å². The maximum atomic E-state index is 12.2. The first-order chi connectivity index (χ1) is 9.08.